The quantitative estimate of drug-likeness (QED) is 0.267. The molecular formula is C30H27NSi2. The first-order chi connectivity index (χ1) is 16.4. The lowest BCUT2D eigenvalue weighted by Crippen LogP contribution is -2.79. The van der Waals surface area contributed by atoms with E-state index in [0.717, 1.165) is 0 Å². The molecule has 5 aromatic rings. The zero-order chi connectivity index (χ0) is 22.3. The fraction of sp³-hybridized carbons (Fsp3) is 0. The van der Waals surface area contributed by atoms with E-state index in [9.17, 15) is 0 Å². The minimum atomic E-state index is -2.58. The van der Waals surface area contributed by atoms with Crippen LogP contribution >= 0.6 is 0 Å². The van der Waals surface area contributed by atoms with Crippen LogP contribution in [-0.4, -0.2) is 17.9 Å². The van der Waals surface area contributed by atoms with Crippen LogP contribution in [-0.2, 0) is 0 Å². The first kappa shape index (κ1) is 21.2. The van der Waals surface area contributed by atoms with Gasteiger partial charge < -0.3 is 4.23 Å². The summed E-state index contributed by atoms with van der Waals surface area (Å²) in [6, 6.07) is 55.6. The van der Waals surface area contributed by atoms with Crippen LogP contribution in [0.15, 0.2) is 152 Å². The monoisotopic (exact) mass is 457 g/mol. The molecule has 0 amide bonds. The standard InChI is InChI=1S/C30H27NSi2/c1-6-16-26(17-7-1)31(32-27-18-8-2-9-19-27)33(28-20-10-3-11-21-28,29-22-12-4-13-23-29)30-24-14-5-15-25-30/h1-25H,32H2. The highest BCUT2D eigenvalue weighted by molar-refractivity contribution is 7.18. The number of hydrogen-bond donors (Lipinski definition) is 0. The molecule has 33 heavy (non-hydrogen) atoms. The predicted octanol–water partition coefficient (Wildman–Crippen LogP) is 3.57. The molecule has 0 unspecified atom stereocenters. The first-order valence-corrected chi connectivity index (χ1v) is 14.7. The molecule has 0 atom stereocenters. The van der Waals surface area contributed by atoms with Gasteiger partial charge in [0, 0.05) is 5.69 Å². The summed E-state index contributed by atoms with van der Waals surface area (Å²) in [6.45, 7) is 0. The lowest BCUT2D eigenvalue weighted by Gasteiger charge is -2.45. The van der Waals surface area contributed by atoms with E-state index in [1.165, 1.54) is 26.4 Å². The topological polar surface area (TPSA) is 3.24 Å². The van der Waals surface area contributed by atoms with Crippen LogP contribution in [0.25, 0.3) is 0 Å². The van der Waals surface area contributed by atoms with E-state index in [1.807, 2.05) is 0 Å². The van der Waals surface area contributed by atoms with Gasteiger partial charge in [-0.05, 0) is 32.9 Å². The maximum absolute atomic E-state index is 2.82. The summed E-state index contributed by atoms with van der Waals surface area (Å²) in [7, 11) is -3.42. The molecular weight excluding hydrogens is 431 g/mol. The van der Waals surface area contributed by atoms with Crippen molar-refractivity contribution in [1.82, 2.24) is 0 Å². The smallest absolute Gasteiger partial charge is 0.244 e. The number of hydrogen-bond acceptors (Lipinski definition) is 1. The molecule has 5 rings (SSSR count). The highest BCUT2D eigenvalue weighted by atomic mass is 28.4. The number of benzene rings is 5. The number of para-hydroxylation sites is 1. The van der Waals surface area contributed by atoms with Crippen LogP contribution < -0.4 is 25.0 Å². The van der Waals surface area contributed by atoms with Crippen LogP contribution in [0.2, 0.25) is 0 Å². The molecule has 0 fully saturated rings. The molecule has 3 heteroatoms. The summed E-state index contributed by atoms with van der Waals surface area (Å²) in [5.74, 6) is 0. The van der Waals surface area contributed by atoms with Gasteiger partial charge >= 0.3 is 0 Å². The number of nitrogens with zero attached hydrogens (tertiary/aromatic N) is 1. The first-order valence-electron chi connectivity index (χ1n) is 11.4. The van der Waals surface area contributed by atoms with E-state index in [0.29, 0.717) is 0 Å². The summed E-state index contributed by atoms with van der Waals surface area (Å²) >= 11 is 0. The van der Waals surface area contributed by atoms with Gasteiger partial charge in [0.2, 0.25) is 8.24 Å². The average molecular weight is 458 g/mol. The van der Waals surface area contributed by atoms with Crippen molar-refractivity contribution in [1.29, 1.82) is 0 Å². The number of rotatable bonds is 7. The Bertz CT molecular complexity index is 1170. The van der Waals surface area contributed by atoms with Gasteiger partial charge in [-0.15, -0.1) is 0 Å². The van der Waals surface area contributed by atoms with Crippen LogP contribution in [0, 0.1) is 0 Å². The maximum atomic E-state index is 2.82. The van der Waals surface area contributed by atoms with E-state index < -0.39 is 17.9 Å². The molecule has 0 aliphatic carbocycles. The van der Waals surface area contributed by atoms with E-state index in [4.69, 9.17) is 0 Å². The third-order valence-corrected chi connectivity index (χ3v) is 14.2. The second-order valence-corrected chi connectivity index (χ2v) is 14.3. The minimum Gasteiger partial charge on any atom is -0.415 e. The summed E-state index contributed by atoms with van der Waals surface area (Å²) < 4.78 is 2.82. The second-order valence-electron chi connectivity index (χ2n) is 8.22. The Morgan fingerprint density at radius 1 is 0.394 bits per heavy atom. The van der Waals surface area contributed by atoms with Crippen molar-refractivity contribution in [3.8, 4) is 0 Å². The molecule has 1 nitrogen and oxygen atoms in total. The highest BCUT2D eigenvalue weighted by Gasteiger charge is 2.45. The van der Waals surface area contributed by atoms with E-state index in [2.05, 4.69) is 156 Å². The largest absolute Gasteiger partial charge is 0.415 e. The molecule has 0 N–H and O–H groups in total. The highest BCUT2D eigenvalue weighted by Crippen LogP contribution is 2.21. The zero-order valence-corrected chi connectivity index (χ0v) is 21.0. The summed E-state index contributed by atoms with van der Waals surface area (Å²) in [5, 5.41) is 5.68. The molecule has 0 bridgehead atoms. The fourth-order valence-electron chi connectivity index (χ4n) is 4.78. The number of anilines is 1. The predicted molar refractivity (Wildman–Crippen MR) is 148 cm³/mol. The Labute approximate surface area is 200 Å². The summed E-state index contributed by atoms with van der Waals surface area (Å²) in [5.41, 5.74) is 1.30. The van der Waals surface area contributed by atoms with Gasteiger partial charge in [0.15, 0.2) is 0 Å². The van der Waals surface area contributed by atoms with Crippen LogP contribution in [0.3, 0.4) is 0 Å². The Morgan fingerprint density at radius 3 is 1.12 bits per heavy atom. The Morgan fingerprint density at radius 2 is 0.727 bits per heavy atom. The average Bonchev–Trinajstić information content (AvgIpc) is 2.91. The van der Waals surface area contributed by atoms with Gasteiger partial charge in [-0.3, -0.25) is 0 Å². The molecule has 160 valence electrons. The maximum Gasteiger partial charge on any atom is 0.244 e. The van der Waals surface area contributed by atoms with E-state index in [1.54, 1.807) is 0 Å². The SMILES string of the molecule is c1ccc([SiH2]N(c2ccccc2)[Si](c2ccccc2)(c2ccccc2)c2ccccc2)cc1. The van der Waals surface area contributed by atoms with Crippen molar-refractivity contribution in [3.05, 3.63) is 152 Å². The normalized spacial score (nSPS) is 11.5. The van der Waals surface area contributed by atoms with Crippen molar-refractivity contribution in [2.24, 2.45) is 0 Å². The molecule has 0 saturated heterocycles. The summed E-state index contributed by atoms with van der Waals surface area (Å²) in [4.78, 5) is 0. The zero-order valence-electron chi connectivity index (χ0n) is 18.6. The third kappa shape index (κ3) is 4.21. The lowest BCUT2D eigenvalue weighted by atomic mass is 10.3. The molecule has 0 aliphatic heterocycles. The van der Waals surface area contributed by atoms with Gasteiger partial charge in [0.25, 0.3) is 0 Å². The van der Waals surface area contributed by atoms with Crippen molar-refractivity contribution < 1.29 is 0 Å². The minimum absolute atomic E-state index is 0.836. The van der Waals surface area contributed by atoms with Crippen LogP contribution in [0.4, 0.5) is 5.69 Å². The van der Waals surface area contributed by atoms with Gasteiger partial charge in [-0.2, -0.15) is 0 Å². The molecule has 0 saturated carbocycles. The Kier molecular flexibility index (Phi) is 6.33. The van der Waals surface area contributed by atoms with E-state index >= 15 is 0 Å². The van der Waals surface area contributed by atoms with Crippen molar-refractivity contribution in [2.75, 3.05) is 4.23 Å². The van der Waals surface area contributed by atoms with E-state index in [-0.39, 0.29) is 0 Å². The second kappa shape index (κ2) is 9.86. The fourth-order valence-corrected chi connectivity index (χ4v) is 13.7. The van der Waals surface area contributed by atoms with Gasteiger partial charge in [0.05, 0.1) is 0 Å². The van der Waals surface area contributed by atoms with Gasteiger partial charge in [-0.25, -0.2) is 0 Å². The third-order valence-electron chi connectivity index (χ3n) is 6.23. The van der Waals surface area contributed by atoms with Gasteiger partial charge in [-0.1, -0.05) is 140 Å². The van der Waals surface area contributed by atoms with Crippen LogP contribution in [0.5, 0.6) is 0 Å². The van der Waals surface area contributed by atoms with Crippen LogP contribution in [0.1, 0.15) is 0 Å². The Balaban J connectivity index is 1.86. The molecule has 0 aromatic heterocycles. The molecule has 0 aliphatic rings. The van der Waals surface area contributed by atoms with Crippen molar-refractivity contribution in [2.45, 2.75) is 0 Å². The summed E-state index contributed by atoms with van der Waals surface area (Å²) in [6.07, 6.45) is 0. The van der Waals surface area contributed by atoms with Gasteiger partial charge in [0.1, 0.15) is 9.68 Å². The molecule has 0 heterocycles. The van der Waals surface area contributed by atoms with Crippen molar-refractivity contribution >= 4 is 44.4 Å². The molecule has 0 radical (unpaired) electrons. The molecule has 5 aromatic carbocycles. The Hall–Kier alpha value is -3.67. The molecule has 0 spiro atoms. The van der Waals surface area contributed by atoms with Crippen molar-refractivity contribution in [3.63, 3.8) is 0 Å². The lowest BCUT2D eigenvalue weighted by molar-refractivity contribution is 1.48.